The molecule has 4 rings (SSSR count). The first-order valence-corrected chi connectivity index (χ1v) is 9.21. The Kier molecular flexibility index (Phi) is 3.34. The predicted molar refractivity (Wildman–Crippen MR) is 82.2 cm³/mol. The molecule has 4 fully saturated rings. The second-order valence-electron chi connectivity index (χ2n) is 8.71. The average Bonchev–Trinajstić information content (AvgIpc) is 2.83. The molecule has 0 aromatic heterocycles. The normalized spacial score (nSPS) is 56.0. The van der Waals surface area contributed by atoms with Gasteiger partial charge in [0.2, 0.25) is 0 Å². The predicted octanol–water partition coefficient (Wildman–Crippen LogP) is 4.14. The molecule has 2 heteroatoms. The Bertz CT molecular complexity index is 455. The second kappa shape index (κ2) is 4.98. The molecule has 0 heterocycles. The quantitative estimate of drug-likeness (QED) is 0.727. The lowest BCUT2D eigenvalue weighted by atomic mass is 9.50. The van der Waals surface area contributed by atoms with E-state index in [1.807, 2.05) is 0 Å². The van der Waals surface area contributed by atoms with Gasteiger partial charge in [0.15, 0.2) is 0 Å². The standard InChI is InChI=1S/C19H29NO/c1-19-9-8-16-15-6-4-14(21)10-12(15)2-5-17(16)18(19)7-3-13(19)11-20/h12-18,21H,2-10H2,1H3/t12-,13+,14-,15?,16-,17-,18+,19-/m1/s1. The topological polar surface area (TPSA) is 44.0 Å². The van der Waals surface area contributed by atoms with E-state index < -0.39 is 0 Å². The minimum atomic E-state index is -0.0221. The molecular weight excluding hydrogens is 258 g/mol. The summed E-state index contributed by atoms with van der Waals surface area (Å²) in [5, 5.41) is 19.5. The number of nitrogens with zero attached hydrogens (tertiary/aromatic N) is 1. The SMILES string of the molecule is C[C@]12CC[C@@H]3C4CC[C@@H](O)C[C@H]4CC[C@H]3[C@@H]1CC[C@H]2C#N. The minimum Gasteiger partial charge on any atom is -0.393 e. The fourth-order valence-corrected chi connectivity index (χ4v) is 7.04. The summed E-state index contributed by atoms with van der Waals surface area (Å²) in [7, 11) is 0. The van der Waals surface area contributed by atoms with Gasteiger partial charge in [-0.1, -0.05) is 6.92 Å². The third kappa shape index (κ3) is 2.00. The van der Waals surface area contributed by atoms with E-state index in [1.54, 1.807) is 0 Å². The van der Waals surface area contributed by atoms with Crippen molar-refractivity contribution in [2.24, 2.45) is 40.9 Å². The van der Waals surface area contributed by atoms with Crippen LogP contribution >= 0.6 is 0 Å². The highest BCUT2D eigenvalue weighted by Gasteiger charge is 2.57. The summed E-state index contributed by atoms with van der Waals surface area (Å²) >= 11 is 0. The monoisotopic (exact) mass is 287 g/mol. The number of aliphatic hydroxyl groups excluding tert-OH is 1. The van der Waals surface area contributed by atoms with Crippen molar-refractivity contribution in [3.05, 3.63) is 0 Å². The van der Waals surface area contributed by atoms with Crippen LogP contribution in [0.1, 0.15) is 64.7 Å². The highest BCUT2D eigenvalue weighted by molar-refractivity contribution is 5.10. The van der Waals surface area contributed by atoms with E-state index in [0.29, 0.717) is 11.3 Å². The molecule has 1 unspecified atom stereocenters. The zero-order chi connectivity index (χ0) is 14.6. The first-order chi connectivity index (χ1) is 10.1. The van der Waals surface area contributed by atoms with Crippen molar-refractivity contribution in [3.8, 4) is 6.07 Å². The van der Waals surface area contributed by atoms with Gasteiger partial charge in [-0.05, 0) is 92.8 Å². The van der Waals surface area contributed by atoms with Crippen LogP contribution < -0.4 is 0 Å². The van der Waals surface area contributed by atoms with Gasteiger partial charge in [-0.15, -0.1) is 0 Å². The molecule has 4 aliphatic carbocycles. The van der Waals surface area contributed by atoms with Crippen LogP contribution in [0.2, 0.25) is 0 Å². The van der Waals surface area contributed by atoms with Crippen LogP contribution in [0.4, 0.5) is 0 Å². The van der Waals surface area contributed by atoms with Crippen molar-refractivity contribution in [2.75, 3.05) is 0 Å². The largest absolute Gasteiger partial charge is 0.393 e. The lowest BCUT2D eigenvalue weighted by molar-refractivity contribution is -0.0727. The molecule has 116 valence electrons. The molecule has 0 aromatic carbocycles. The third-order valence-corrected chi connectivity index (χ3v) is 8.08. The van der Waals surface area contributed by atoms with Gasteiger partial charge < -0.3 is 5.11 Å². The molecule has 4 aliphatic rings. The number of aliphatic hydroxyl groups is 1. The number of hydrogen-bond acceptors (Lipinski definition) is 2. The molecule has 0 spiro atoms. The number of hydrogen-bond donors (Lipinski definition) is 1. The van der Waals surface area contributed by atoms with Crippen molar-refractivity contribution >= 4 is 0 Å². The third-order valence-electron chi connectivity index (χ3n) is 8.08. The molecule has 0 aromatic rings. The first kappa shape index (κ1) is 14.1. The number of rotatable bonds is 0. The Labute approximate surface area is 128 Å². The highest BCUT2D eigenvalue weighted by Crippen LogP contribution is 2.63. The zero-order valence-corrected chi connectivity index (χ0v) is 13.3. The van der Waals surface area contributed by atoms with Gasteiger partial charge in [-0.2, -0.15) is 5.26 Å². The molecule has 21 heavy (non-hydrogen) atoms. The first-order valence-electron chi connectivity index (χ1n) is 9.21. The number of fused-ring (bicyclic) bond motifs is 5. The van der Waals surface area contributed by atoms with Gasteiger partial charge in [0.05, 0.1) is 18.1 Å². The summed E-state index contributed by atoms with van der Waals surface area (Å²) in [6, 6.07) is 2.63. The summed E-state index contributed by atoms with van der Waals surface area (Å²) < 4.78 is 0. The van der Waals surface area contributed by atoms with Crippen LogP contribution in [-0.4, -0.2) is 11.2 Å². The second-order valence-corrected chi connectivity index (χ2v) is 8.71. The summed E-state index contributed by atoms with van der Waals surface area (Å²) in [6.45, 7) is 2.42. The van der Waals surface area contributed by atoms with Crippen molar-refractivity contribution < 1.29 is 5.11 Å². The Hall–Kier alpha value is -0.550. The summed E-state index contributed by atoms with van der Waals surface area (Å²) in [6.07, 6.45) is 11.1. The molecule has 4 saturated carbocycles. The maximum atomic E-state index is 9.97. The van der Waals surface area contributed by atoms with E-state index in [1.165, 1.54) is 38.5 Å². The smallest absolute Gasteiger partial charge is 0.0661 e. The molecule has 8 atom stereocenters. The van der Waals surface area contributed by atoms with Crippen LogP contribution in [0.25, 0.3) is 0 Å². The molecule has 2 nitrogen and oxygen atoms in total. The van der Waals surface area contributed by atoms with E-state index >= 15 is 0 Å². The Morgan fingerprint density at radius 3 is 2.57 bits per heavy atom. The Morgan fingerprint density at radius 2 is 1.76 bits per heavy atom. The maximum absolute atomic E-state index is 9.97. The molecule has 1 N–H and O–H groups in total. The van der Waals surface area contributed by atoms with Gasteiger partial charge in [0.25, 0.3) is 0 Å². The molecule has 0 aliphatic heterocycles. The molecule has 0 radical (unpaired) electrons. The lowest BCUT2D eigenvalue weighted by Crippen LogP contribution is -2.48. The van der Waals surface area contributed by atoms with E-state index in [-0.39, 0.29) is 6.10 Å². The minimum absolute atomic E-state index is 0.0221. The fraction of sp³-hybridized carbons (Fsp3) is 0.947. The van der Waals surface area contributed by atoms with E-state index in [9.17, 15) is 10.4 Å². The Balaban J connectivity index is 1.57. The summed E-state index contributed by atoms with van der Waals surface area (Å²) in [5.74, 6) is 4.61. The maximum Gasteiger partial charge on any atom is 0.0661 e. The van der Waals surface area contributed by atoms with Crippen LogP contribution in [0, 0.1) is 52.3 Å². The molecule has 0 bridgehead atoms. The average molecular weight is 287 g/mol. The van der Waals surface area contributed by atoms with Crippen molar-refractivity contribution in [2.45, 2.75) is 70.8 Å². The van der Waals surface area contributed by atoms with Crippen LogP contribution in [-0.2, 0) is 0 Å². The molecular formula is C19H29NO. The van der Waals surface area contributed by atoms with Gasteiger partial charge in [0.1, 0.15) is 0 Å². The Morgan fingerprint density at radius 1 is 0.952 bits per heavy atom. The van der Waals surface area contributed by atoms with Gasteiger partial charge >= 0.3 is 0 Å². The van der Waals surface area contributed by atoms with Crippen molar-refractivity contribution in [3.63, 3.8) is 0 Å². The van der Waals surface area contributed by atoms with Crippen molar-refractivity contribution in [1.82, 2.24) is 0 Å². The van der Waals surface area contributed by atoms with E-state index in [4.69, 9.17) is 0 Å². The number of nitriles is 1. The van der Waals surface area contributed by atoms with Gasteiger partial charge in [-0.25, -0.2) is 0 Å². The van der Waals surface area contributed by atoms with Crippen LogP contribution in [0.15, 0.2) is 0 Å². The van der Waals surface area contributed by atoms with E-state index in [0.717, 1.165) is 48.9 Å². The fourth-order valence-electron chi connectivity index (χ4n) is 7.04. The van der Waals surface area contributed by atoms with Crippen molar-refractivity contribution in [1.29, 1.82) is 5.26 Å². The van der Waals surface area contributed by atoms with Crippen LogP contribution in [0.5, 0.6) is 0 Å². The summed E-state index contributed by atoms with van der Waals surface area (Å²) in [5.41, 5.74) is 0.316. The van der Waals surface area contributed by atoms with Gasteiger partial charge in [0, 0.05) is 0 Å². The highest BCUT2D eigenvalue weighted by atomic mass is 16.3. The molecule has 0 saturated heterocycles. The summed E-state index contributed by atoms with van der Waals surface area (Å²) in [4.78, 5) is 0. The van der Waals surface area contributed by atoms with Crippen LogP contribution in [0.3, 0.4) is 0 Å². The zero-order valence-electron chi connectivity index (χ0n) is 13.3. The van der Waals surface area contributed by atoms with E-state index in [2.05, 4.69) is 13.0 Å². The lowest BCUT2D eigenvalue weighted by Gasteiger charge is -2.55. The molecule has 0 amide bonds. The van der Waals surface area contributed by atoms with Gasteiger partial charge in [-0.3, -0.25) is 0 Å².